The summed E-state index contributed by atoms with van der Waals surface area (Å²) in [5.74, 6) is 1.50. The standard InChI is InChI=1S/C21H20N4O2S/c1-22-21-25(24-12-14-11-23-18-7-5-4-6-16(14)18)19(13-28-21)17-10-15(26-2)8-9-20(17)27-3/h4-13,23H,1-3H3. The Kier molecular flexibility index (Phi) is 4.99. The van der Waals surface area contributed by atoms with E-state index in [-0.39, 0.29) is 0 Å². The fraction of sp³-hybridized carbons (Fsp3) is 0.143. The summed E-state index contributed by atoms with van der Waals surface area (Å²) >= 11 is 1.52. The lowest BCUT2D eigenvalue weighted by molar-refractivity contribution is 0.404. The lowest BCUT2D eigenvalue weighted by atomic mass is 10.1. The number of nitrogens with one attached hydrogen (secondary N) is 1. The maximum atomic E-state index is 5.55. The summed E-state index contributed by atoms with van der Waals surface area (Å²) in [5.41, 5.74) is 3.87. The summed E-state index contributed by atoms with van der Waals surface area (Å²) in [5, 5.41) is 7.87. The zero-order valence-corrected chi connectivity index (χ0v) is 16.7. The Hall–Kier alpha value is -3.32. The highest BCUT2D eigenvalue weighted by Gasteiger charge is 2.14. The Morgan fingerprint density at radius 3 is 2.75 bits per heavy atom. The van der Waals surface area contributed by atoms with Gasteiger partial charge in [-0.2, -0.15) is 5.10 Å². The van der Waals surface area contributed by atoms with E-state index in [0.717, 1.165) is 44.0 Å². The minimum atomic E-state index is 0.747. The second kappa shape index (κ2) is 7.74. The fourth-order valence-electron chi connectivity index (χ4n) is 3.08. The molecule has 0 unspecified atom stereocenters. The van der Waals surface area contributed by atoms with Crippen molar-refractivity contribution in [2.45, 2.75) is 0 Å². The van der Waals surface area contributed by atoms with Gasteiger partial charge in [-0.15, -0.1) is 11.3 Å². The van der Waals surface area contributed by atoms with E-state index >= 15 is 0 Å². The number of hydrogen-bond acceptors (Lipinski definition) is 5. The molecule has 0 amide bonds. The second-order valence-electron chi connectivity index (χ2n) is 6.04. The third kappa shape index (κ3) is 3.20. The molecule has 0 saturated carbocycles. The highest BCUT2D eigenvalue weighted by molar-refractivity contribution is 7.07. The van der Waals surface area contributed by atoms with E-state index in [1.165, 1.54) is 11.3 Å². The molecular formula is C21H20N4O2S. The zero-order chi connectivity index (χ0) is 19.5. The number of hydrogen-bond donors (Lipinski definition) is 1. The molecule has 0 aliphatic rings. The molecule has 28 heavy (non-hydrogen) atoms. The van der Waals surface area contributed by atoms with Crippen LogP contribution >= 0.6 is 11.3 Å². The molecule has 0 aliphatic carbocycles. The first-order valence-electron chi connectivity index (χ1n) is 8.71. The van der Waals surface area contributed by atoms with Crippen molar-refractivity contribution in [3.8, 4) is 22.8 Å². The van der Waals surface area contributed by atoms with Crippen LogP contribution in [0.5, 0.6) is 11.5 Å². The van der Waals surface area contributed by atoms with Crippen LogP contribution in [-0.4, -0.2) is 37.1 Å². The molecule has 0 bridgehead atoms. The van der Waals surface area contributed by atoms with Gasteiger partial charge in [-0.05, 0) is 24.3 Å². The smallest absolute Gasteiger partial charge is 0.205 e. The molecule has 142 valence electrons. The largest absolute Gasteiger partial charge is 0.497 e. The van der Waals surface area contributed by atoms with Gasteiger partial charge in [0.2, 0.25) is 4.80 Å². The lowest BCUT2D eigenvalue weighted by Gasteiger charge is -2.10. The van der Waals surface area contributed by atoms with E-state index in [0.29, 0.717) is 0 Å². The Morgan fingerprint density at radius 1 is 1.11 bits per heavy atom. The molecule has 0 atom stereocenters. The number of nitrogens with zero attached hydrogens (tertiary/aromatic N) is 3. The van der Waals surface area contributed by atoms with Crippen molar-refractivity contribution in [3.05, 3.63) is 64.4 Å². The fourth-order valence-corrected chi connectivity index (χ4v) is 3.88. The number of thiazole rings is 1. The quantitative estimate of drug-likeness (QED) is 0.519. The molecule has 2 aromatic carbocycles. The molecule has 0 spiro atoms. The number of aromatic amines is 1. The topological polar surface area (TPSA) is 63.9 Å². The maximum Gasteiger partial charge on any atom is 0.205 e. The van der Waals surface area contributed by atoms with Crippen molar-refractivity contribution in [3.63, 3.8) is 0 Å². The van der Waals surface area contributed by atoms with Crippen LogP contribution in [0.3, 0.4) is 0 Å². The Labute approximate surface area is 166 Å². The maximum absolute atomic E-state index is 5.55. The van der Waals surface area contributed by atoms with Gasteiger partial charge in [0.1, 0.15) is 11.5 Å². The minimum absolute atomic E-state index is 0.747. The van der Waals surface area contributed by atoms with Crippen molar-refractivity contribution in [1.29, 1.82) is 0 Å². The van der Waals surface area contributed by atoms with Crippen molar-refractivity contribution in [2.24, 2.45) is 10.1 Å². The molecule has 0 fully saturated rings. The van der Waals surface area contributed by atoms with Gasteiger partial charge in [0, 0.05) is 40.7 Å². The zero-order valence-electron chi connectivity index (χ0n) is 15.8. The predicted octanol–water partition coefficient (Wildman–Crippen LogP) is 4.13. The minimum Gasteiger partial charge on any atom is -0.497 e. The summed E-state index contributed by atoms with van der Waals surface area (Å²) in [6, 6.07) is 13.9. The highest BCUT2D eigenvalue weighted by Crippen LogP contribution is 2.33. The number of methoxy groups -OCH3 is 2. The van der Waals surface area contributed by atoms with Crippen molar-refractivity contribution in [2.75, 3.05) is 21.3 Å². The van der Waals surface area contributed by atoms with E-state index in [4.69, 9.17) is 14.6 Å². The molecule has 7 heteroatoms. The monoisotopic (exact) mass is 392 g/mol. The van der Waals surface area contributed by atoms with Crippen molar-refractivity contribution < 1.29 is 9.47 Å². The first-order valence-corrected chi connectivity index (χ1v) is 9.59. The summed E-state index contributed by atoms with van der Waals surface area (Å²) in [6.45, 7) is 0. The average molecular weight is 392 g/mol. The van der Waals surface area contributed by atoms with Crippen LogP contribution in [-0.2, 0) is 0 Å². The molecule has 2 heterocycles. The SMILES string of the molecule is CN=c1scc(-c2cc(OC)ccc2OC)n1N=Cc1c[nH]c2ccccc12. The van der Waals surface area contributed by atoms with E-state index in [9.17, 15) is 0 Å². The van der Waals surface area contributed by atoms with Gasteiger partial charge >= 0.3 is 0 Å². The van der Waals surface area contributed by atoms with Gasteiger partial charge in [-0.25, -0.2) is 4.68 Å². The van der Waals surface area contributed by atoms with E-state index in [1.54, 1.807) is 21.3 Å². The van der Waals surface area contributed by atoms with Gasteiger partial charge in [-0.3, -0.25) is 4.99 Å². The Bertz CT molecular complexity index is 1220. The number of rotatable bonds is 5. The number of para-hydroxylation sites is 1. The molecular weight excluding hydrogens is 372 g/mol. The molecule has 2 aromatic heterocycles. The van der Waals surface area contributed by atoms with Gasteiger partial charge in [-0.1, -0.05) is 18.2 Å². The molecule has 4 aromatic rings. The Balaban J connectivity index is 1.84. The van der Waals surface area contributed by atoms with Gasteiger partial charge < -0.3 is 14.5 Å². The Morgan fingerprint density at radius 2 is 1.96 bits per heavy atom. The van der Waals surface area contributed by atoms with E-state index in [1.807, 2.05) is 58.9 Å². The first-order chi connectivity index (χ1) is 13.7. The third-order valence-corrected chi connectivity index (χ3v) is 5.40. The first kappa shape index (κ1) is 18.1. The summed E-state index contributed by atoms with van der Waals surface area (Å²) in [4.78, 5) is 8.42. The third-order valence-electron chi connectivity index (χ3n) is 4.49. The van der Waals surface area contributed by atoms with Crippen LogP contribution in [0.4, 0.5) is 0 Å². The molecule has 0 saturated heterocycles. The summed E-state index contributed by atoms with van der Waals surface area (Å²) in [7, 11) is 5.06. The van der Waals surface area contributed by atoms with Gasteiger partial charge in [0.05, 0.1) is 26.1 Å². The summed E-state index contributed by atoms with van der Waals surface area (Å²) < 4.78 is 12.8. The van der Waals surface area contributed by atoms with Crippen LogP contribution in [0.15, 0.2) is 64.1 Å². The number of benzene rings is 2. The summed E-state index contributed by atoms with van der Waals surface area (Å²) in [6.07, 6.45) is 3.80. The molecule has 1 N–H and O–H groups in total. The predicted molar refractivity (Wildman–Crippen MR) is 114 cm³/mol. The number of aromatic nitrogens is 2. The molecule has 4 rings (SSSR count). The van der Waals surface area contributed by atoms with Crippen LogP contribution in [0.25, 0.3) is 22.2 Å². The van der Waals surface area contributed by atoms with Crippen LogP contribution in [0.2, 0.25) is 0 Å². The molecule has 0 aliphatic heterocycles. The lowest BCUT2D eigenvalue weighted by Crippen LogP contribution is -2.11. The molecule has 0 radical (unpaired) electrons. The number of fused-ring (bicyclic) bond motifs is 1. The van der Waals surface area contributed by atoms with Crippen molar-refractivity contribution in [1.82, 2.24) is 9.66 Å². The van der Waals surface area contributed by atoms with E-state index in [2.05, 4.69) is 16.0 Å². The van der Waals surface area contributed by atoms with Crippen molar-refractivity contribution >= 4 is 28.5 Å². The van der Waals surface area contributed by atoms with Crippen LogP contribution in [0, 0.1) is 0 Å². The van der Waals surface area contributed by atoms with E-state index < -0.39 is 0 Å². The molecule has 6 nitrogen and oxygen atoms in total. The highest BCUT2D eigenvalue weighted by atomic mass is 32.1. The number of H-pyrrole nitrogens is 1. The normalized spacial score (nSPS) is 12.2. The van der Waals surface area contributed by atoms with Gasteiger partial charge in [0.25, 0.3) is 0 Å². The average Bonchev–Trinajstić information content (AvgIpc) is 3.35. The van der Waals surface area contributed by atoms with Crippen LogP contribution < -0.4 is 14.3 Å². The second-order valence-corrected chi connectivity index (χ2v) is 6.88. The number of ether oxygens (including phenoxy) is 2. The van der Waals surface area contributed by atoms with Crippen LogP contribution in [0.1, 0.15) is 5.56 Å². The van der Waals surface area contributed by atoms with Gasteiger partial charge in [0.15, 0.2) is 0 Å².